The topological polar surface area (TPSA) is 120 Å². The zero-order chi connectivity index (χ0) is 17.3. The Kier molecular flexibility index (Phi) is 3.92. The van der Waals surface area contributed by atoms with E-state index in [1.807, 2.05) is 6.07 Å². The van der Waals surface area contributed by atoms with Crippen molar-refractivity contribution in [1.29, 1.82) is 5.26 Å². The number of nitrogens with zero attached hydrogens (tertiary/aromatic N) is 3. The molecule has 24 heavy (non-hydrogen) atoms. The van der Waals surface area contributed by atoms with Crippen molar-refractivity contribution in [1.82, 2.24) is 9.78 Å². The molecule has 0 amide bonds. The second-order valence-corrected chi connectivity index (χ2v) is 5.39. The molecule has 2 N–H and O–H groups in total. The van der Waals surface area contributed by atoms with Crippen molar-refractivity contribution >= 4 is 17.8 Å². The fourth-order valence-electron chi connectivity index (χ4n) is 2.40. The predicted molar refractivity (Wildman–Crippen MR) is 82.1 cm³/mol. The summed E-state index contributed by atoms with van der Waals surface area (Å²) in [5.41, 5.74) is 6.97. The number of anilines is 1. The molecule has 0 saturated carbocycles. The normalized spacial score (nSPS) is 19.6. The zero-order valence-corrected chi connectivity index (χ0v) is 12.8. The Hall–Kier alpha value is -3.34. The second-order valence-electron chi connectivity index (χ2n) is 5.39. The van der Waals surface area contributed by atoms with E-state index in [-0.39, 0.29) is 23.0 Å². The summed E-state index contributed by atoms with van der Waals surface area (Å²) >= 11 is 0. The molecule has 2 atom stereocenters. The summed E-state index contributed by atoms with van der Waals surface area (Å²) in [4.78, 5) is 23.6. The minimum Gasteiger partial charge on any atom is -0.460 e. The van der Waals surface area contributed by atoms with Gasteiger partial charge in [0.05, 0.1) is 17.4 Å². The molecule has 0 aliphatic carbocycles. The fraction of sp³-hybridized carbons (Fsp3) is 0.250. The van der Waals surface area contributed by atoms with E-state index < -0.39 is 18.0 Å². The number of rotatable bonds is 3. The third-order valence-corrected chi connectivity index (χ3v) is 3.65. The number of benzene rings is 1. The van der Waals surface area contributed by atoms with Gasteiger partial charge in [-0.05, 0) is 31.2 Å². The molecule has 1 aromatic heterocycles. The molecular weight excluding hydrogens is 312 g/mol. The largest absolute Gasteiger partial charge is 0.460 e. The third kappa shape index (κ3) is 2.79. The molecule has 0 radical (unpaired) electrons. The van der Waals surface area contributed by atoms with Crippen molar-refractivity contribution in [3.05, 3.63) is 41.6 Å². The van der Waals surface area contributed by atoms with E-state index in [2.05, 4.69) is 5.10 Å². The number of aromatic nitrogens is 2. The number of nitrogen functional groups attached to an aromatic ring is 1. The van der Waals surface area contributed by atoms with Gasteiger partial charge in [-0.25, -0.2) is 14.3 Å². The highest BCUT2D eigenvalue weighted by Crippen LogP contribution is 2.20. The standard InChI is InChI=1S/C16H14N4O4/c1-9-6-13(16(22)23-9)24-15(21)10-2-4-12(5-3-10)20-14(18)11(7-17)8-19-20/h2-5,8-9,13H,6,18H2,1H3/t9-,13-/m1/s1. The minimum atomic E-state index is -0.868. The lowest BCUT2D eigenvalue weighted by Gasteiger charge is -2.09. The Labute approximate surface area is 137 Å². The van der Waals surface area contributed by atoms with Gasteiger partial charge in [-0.3, -0.25) is 0 Å². The van der Waals surface area contributed by atoms with Gasteiger partial charge in [-0.2, -0.15) is 10.4 Å². The fourth-order valence-corrected chi connectivity index (χ4v) is 2.40. The van der Waals surface area contributed by atoms with E-state index in [0.717, 1.165) is 0 Å². The van der Waals surface area contributed by atoms with Crippen molar-refractivity contribution in [2.24, 2.45) is 0 Å². The quantitative estimate of drug-likeness (QED) is 0.841. The van der Waals surface area contributed by atoms with Gasteiger partial charge in [0.15, 0.2) is 0 Å². The summed E-state index contributed by atoms with van der Waals surface area (Å²) < 4.78 is 11.5. The number of ether oxygens (including phenoxy) is 2. The zero-order valence-electron chi connectivity index (χ0n) is 12.8. The maximum atomic E-state index is 12.1. The SMILES string of the molecule is C[C@@H]1C[C@@H](OC(=O)c2ccc(-n3ncc(C#N)c3N)cc2)C(=O)O1. The molecule has 2 aromatic rings. The summed E-state index contributed by atoms with van der Waals surface area (Å²) in [6, 6.07) is 8.25. The lowest BCUT2D eigenvalue weighted by Crippen LogP contribution is -2.22. The number of esters is 2. The summed E-state index contributed by atoms with van der Waals surface area (Å²) in [5.74, 6) is -0.917. The van der Waals surface area contributed by atoms with Crippen LogP contribution in [-0.4, -0.2) is 33.9 Å². The maximum absolute atomic E-state index is 12.1. The number of hydrogen-bond donors (Lipinski definition) is 1. The number of nitriles is 1. The van der Waals surface area contributed by atoms with Crippen LogP contribution in [0.25, 0.3) is 5.69 Å². The van der Waals surface area contributed by atoms with Crippen molar-refractivity contribution in [3.8, 4) is 11.8 Å². The van der Waals surface area contributed by atoms with E-state index in [1.54, 1.807) is 19.1 Å². The van der Waals surface area contributed by atoms with Gasteiger partial charge in [0.2, 0.25) is 6.10 Å². The molecule has 2 heterocycles. The van der Waals surface area contributed by atoms with E-state index in [1.165, 1.54) is 23.0 Å². The lowest BCUT2D eigenvalue weighted by atomic mass is 10.2. The Morgan fingerprint density at radius 3 is 2.71 bits per heavy atom. The van der Waals surface area contributed by atoms with Gasteiger partial charge in [-0.1, -0.05) is 0 Å². The highest BCUT2D eigenvalue weighted by atomic mass is 16.6. The number of nitrogens with two attached hydrogens (primary N) is 1. The Morgan fingerprint density at radius 1 is 1.46 bits per heavy atom. The monoisotopic (exact) mass is 326 g/mol. The van der Waals surface area contributed by atoms with E-state index in [4.69, 9.17) is 20.5 Å². The van der Waals surface area contributed by atoms with E-state index in [0.29, 0.717) is 12.1 Å². The molecule has 1 aliphatic heterocycles. The van der Waals surface area contributed by atoms with Crippen LogP contribution in [0.15, 0.2) is 30.5 Å². The summed E-state index contributed by atoms with van der Waals surface area (Å²) in [7, 11) is 0. The Balaban J connectivity index is 1.74. The van der Waals surface area contributed by atoms with Crippen molar-refractivity contribution < 1.29 is 19.1 Å². The number of hydrogen-bond acceptors (Lipinski definition) is 7. The minimum absolute atomic E-state index is 0.218. The lowest BCUT2D eigenvalue weighted by molar-refractivity contribution is -0.147. The first kappa shape index (κ1) is 15.6. The Morgan fingerprint density at radius 2 is 2.17 bits per heavy atom. The first-order valence-electron chi connectivity index (χ1n) is 7.25. The highest BCUT2D eigenvalue weighted by Gasteiger charge is 2.35. The first-order chi connectivity index (χ1) is 11.5. The smallest absolute Gasteiger partial charge is 0.347 e. The Bertz CT molecular complexity index is 835. The average Bonchev–Trinajstić information content (AvgIpc) is 3.09. The van der Waals surface area contributed by atoms with Crippen molar-refractivity contribution in [2.75, 3.05) is 5.73 Å². The van der Waals surface area contributed by atoms with Crippen LogP contribution in [0.5, 0.6) is 0 Å². The van der Waals surface area contributed by atoms with Crippen LogP contribution >= 0.6 is 0 Å². The van der Waals surface area contributed by atoms with Crippen LogP contribution in [0.1, 0.15) is 29.3 Å². The molecule has 1 aromatic carbocycles. The van der Waals surface area contributed by atoms with Gasteiger partial charge >= 0.3 is 11.9 Å². The van der Waals surface area contributed by atoms with Crippen LogP contribution in [-0.2, 0) is 14.3 Å². The van der Waals surface area contributed by atoms with Crippen molar-refractivity contribution in [3.63, 3.8) is 0 Å². The number of carbonyl (C=O) groups is 2. The highest BCUT2D eigenvalue weighted by molar-refractivity contribution is 5.92. The van der Waals surface area contributed by atoms with Gasteiger partial charge < -0.3 is 15.2 Å². The molecule has 0 spiro atoms. The number of cyclic esters (lactones) is 1. The second kappa shape index (κ2) is 6.04. The molecule has 8 nitrogen and oxygen atoms in total. The molecule has 122 valence electrons. The summed E-state index contributed by atoms with van der Waals surface area (Å²) in [6.07, 6.45) is 0.593. The predicted octanol–water partition coefficient (Wildman–Crippen LogP) is 1.19. The molecular formula is C16H14N4O4. The van der Waals surface area contributed by atoms with Crippen LogP contribution in [0, 0.1) is 11.3 Å². The van der Waals surface area contributed by atoms with Gasteiger partial charge in [-0.15, -0.1) is 0 Å². The van der Waals surface area contributed by atoms with E-state index in [9.17, 15) is 9.59 Å². The summed E-state index contributed by atoms with van der Waals surface area (Å²) in [6.45, 7) is 1.74. The molecule has 1 saturated heterocycles. The molecule has 1 fully saturated rings. The summed E-state index contributed by atoms with van der Waals surface area (Å²) in [5, 5.41) is 12.9. The van der Waals surface area contributed by atoms with Gasteiger partial charge in [0.25, 0.3) is 0 Å². The maximum Gasteiger partial charge on any atom is 0.347 e. The first-order valence-corrected chi connectivity index (χ1v) is 7.25. The van der Waals surface area contributed by atoms with Gasteiger partial charge in [0.1, 0.15) is 23.6 Å². The molecule has 1 aliphatic rings. The van der Waals surface area contributed by atoms with Crippen molar-refractivity contribution in [2.45, 2.75) is 25.6 Å². The molecule has 0 unspecified atom stereocenters. The molecule has 3 rings (SSSR count). The van der Waals surface area contributed by atoms with E-state index >= 15 is 0 Å². The van der Waals surface area contributed by atoms with Crippen LogP contribution in [0.3, 0.4) is 0 Å². The molecule has 0 bridgehead atoms. The van der Waals surface area contributed by atoms with Gasteiger partial charge in [0, 0.05) is 6.42 Å². The van der Waals surface area contributed by atoms with Crippen LogP contribution in [0.2, 0.25) is 0 Å². The number of carbonyl (C=O) groups excluding carboxylic acids is 2. The molecule has 8 heteroatoms. The average molecular weight is 326 g/mol. The van der Waals surface area contributed by atoms with Crippen LogP contribution < -0.4 is 5.73 Å². The third-order valence-electron chi connectivity index (χ3n) is 3.65. The van der Waals surface area contributed by atoms with Crippen LogP contribution in [0.4, 0.5) is 5.82 Å².